The predicted molar refractivity (Wildman–Crippen MR) is 167 cm³/mol. The first-order valence-corrected chi connectivity index (χ1v) is 15.8. The number of likely N-dealkylation sites (tertiary alicyclic amines) is 1. The number of carbonyl (C=O) groups is 1. The van der Waals surface area contributed by atoms with Crippen molar-refractivity contribution in [2.24, 2.45) is 0 Å². The highest BCUT2D eigenvalue weighted by Crippen LogP contribution is 2.26. The fourth-order valence-electron chi connectivity index (χ4n) is 6.01. The number of hydrogen-bond donors (Lipinski definition) is 1. The van der Waals surface area contributed by atoms with E-state index in [1.807, 2.05) is 48.5 Å². The van der Waals surface area contributed by atoms with Crippen LogP contribution in [0.25, 0.3) is 0 Å². The highest BCUT2D eigenvalue weighted by molar-refractivity contribution is 5.81. The van der Waals surface area contributed by atoms with Crippen LogP contribution in [0.1, 0.15) is 69.4 Å². The van der Waals surface area contributed by atoms with Gasteiger partial charge in [0.25, 0.3) is 5.91 Å². The second-order valence-corrected chi connectivity index (χ2v) is 11.4. The molecule has 5 heteroatoms. The van der Waals surface area contributed by atoms with E-state index in [0.717, 1.165) is 80.0 Å². The minimum absolute atomic E-state index is 0.0166. The zero-order valence-corrected chi connectivity index (χ0v) is 24.9. The molecule has 1 aliphatic rings. The zero-order valence-electron chi connectivity index (χ0n) is 24.9. The summed E-state index contributed by atoms with van der Waals surface area (Å²) in [6.07, 6.45) is 10.1. The summed E-state index contributed by atoms with van der Waals surface area (Å²) in [4.78, 5) is 13.4. The van der Waals surface area contributed by atoms with Gasteiger partial charge in [-0.2, -0.15) is 0 Å². The molecule has 3 aromatic rings. The zero-order chi connectivity index (χ0) is 28.6. The Balaban J connectivity index is 1.06. The first-order valence-electron chi connectivity index (χ1n) is 15.8. The fraction of sp³-hybridized carbons (Fsp3) is 0.472. The molecule has 1 saturated heterocycles. The van der Waals surface area contributed by atoms with Crippen LogP contribution in [0.4, 0.5) is 0 Å². The molecule has 5 nitrogen and oxygen atoms in total. The van der Waals surface area contributed by atoms with Gasteiger partial charge in [-0.3, -0.25) is 4.79 Å². The Morgan fingerprint density at radius 2 is 1.29 bits per heavy atom. The number of benzene rings is 3. The van der Waals surface area contributed by atoms with Crippen molar-refractivity contribution in [1.82, 2.24) is 5.32 Å². The minimum Gasteiger partial charge on any atom is -0.494 e. The molecule has 0 bridgehead atoms. The molecular formula is C36H49N2O3+. The summed E-state index contributed by atoms with van der Waals surface area (Å²) >= 11 is 0. The molecule has 3 aromatic carbocycles. The van der Waals surface area contributed by atoms with Crippen molar-refractivity contribution in [2.75, 3.05) is 32.8 Å². The smallest absolute Gasteiger partial charge is 0.278 e. The Labute approximate surface area is 247 Å². The fourth-order valence-corrected chi connectivity index (χ4v) is 6.01. The highest BCUT2D eigenvalue weighted by Gasteiger charge is 2.42. The summed E-state index contributed by atoms with van der Waals surface area (Å²) in [6.45, 7) is 7.62. The average molecular weight is 558 g/mol. The van der Waals surface area contributed by atoms with E-state index in [0.29, 0.717) is 6.61 Å². The van der Waals surface area contributed by atoms with Crippen molar-refractivity contribution in [2.45, 2.75) is 77.4 Å². The van der Waals surface area contributed by atoms with Crippen molar-refractivity contribution in [3.05, 3.63) is 96.1 Å². The number of hydrogen-bond acceptors (Lipinski definition) is 3. The Morgan fingerprint density at radius 1 is 0.732 bits per heavy atom. The van der Waals surface area contributed by atoms with Crippen LogP contribution in [0, 0.1) is 0 Å². The minimum atomic E-state index is 0.0166. The Bertz CT molecular complexity index is 1130. The molecule has 1 amide bonds. The van der Waals surface area contributed by atoms with Gasteiger partial charge in [0.15, 0.2) is 6.04 Å². The van der Waals surface area contributed by atoms with Crippen molar-refractivity contribution in [3.8, 4) is 11.5 Å². The summed E-state index contributed by atoms with van der Waals surface area (Å²) in [5, 5.41) is 3.30. The normalized spacial score (nSPS) is 14.9. The lowest BCUT2D eigenvalue weighted by atomic mass is 10.0. The van der Waals surface area contributed by atoms with Gasteiger partial charge in [-0.25, -0.2) is 0 Å². The number of carbonyl (C=O) groups excluding carboxylic acids is 1. The van der Waals surface area contributed by atoms with Crippen molar-refractivity contribution in [3.63, 3.8) is 0 Å². The number of likely N-dealkylation sites (N-methyl/N-ethyl adjacent to an activating group) is 1. The van der Waals surface area contributed by atoms with Gasteiger partial charge < -0.3 is 19.3 Å². The summed E-state index contributed by atoms with van der Waals surface area (Å²) in [5.74, 6) is 1.98. The van der Waals surface area contributed by atoms with Crippen LogP contribution < -0.4 is 14.8 Å². The number of ether oxygens (including phenoxy) is 2. The molecule has 1 atom stereocenters. The van der Waals surface area contributed by atoms with E-state index < -0.39 is 0 Å². The third kappa shape index (κ3) is 9.93. The number of nitrogens with one attached hydrogen (secondary N) is 1. The van der Waals surface area contributed by atoms with Crippen LogP contribution in [0.2, 0.25) is 0 Å². The molecule has 0 aromatic heterocycles. The van der Waals surface area contributed by atoms with E-state index in [4.69, 9.17) is 9.47 Å². The first kappa shape index (κ1) is 30.6. The molecule has 1 unspecified atom stereocenters. The van der Waals surface area contributed by atoms with E-state index in [-0.39, 0.29) is 11.9 Å². The Kier molecular flexibility index (Phi) is 12.6. The Hall–Kier alpha value is -3.31. The molecule has 0 saturated carbocycles. The van der Waals surface area contributed by atoms with E-state index in [9.17, 15) is 4.79 Å². The highest BCUT2D eigenvalue weighted by atomic mass is 16.5. The Morgan fingerprint density at radius 3 is 1.93 bits per heavy atom. The summed E-state index contributed by atoms with van der Waals surface area (Å²) in [6, 6.07) is 28.6. The van der Waals surface area contributed by atoms with Crippen molar-refractivity contribution in [1.29, 1.82) is 0 Å². The van der Waals surface area contributed by atoms with Gasteiger partial charge in [0.05, 0.1) is 26.2 Å². The van der Waals surface area contributed by atoms with Gasteiger partial charge in [-0.05, 0) is 55.2 Å². The van der Waals surface area contributed by atoms with Crippen LogP contribution in [-0.4, -0.2) is 49.2 Å². The molecule has 41 heavy (non-hydrogen) atoms. The molecule has 1 fully saturated rings. The van der Waals surface area contributed by atoms with E-state index in [1.165, 1.54) is 37.7 Å². The van der Waals surface area contributed by atoms with Crippen LogP contribution in [0.5, 0.6) is 11.5 Å². The summed E-state index contributed by atoms with van der Waals surface area (Å²) in [5.41, 5.74) is 2.42. The van der Waals surface area contributed by atoms with Crippen molar-refractivity contribution >= 4 is 5.91 Å². The van der Waals surface area contributed by atoms with Gasteiger partial charge in [0, 0.05) is 25.8 Å². The second kappa shape index (κ2) is 16.8. The average Bonchev–Trinajstić information content (AvgIpc) is 3.51. The molecule has 1 N–H and O–H groups in total. The molecule has 1 heterocycles. The molecule has 4 rings (SSSR count). The summed E-state index contributed by atoms with van der Waals surface area (Å²) < 4.78 is 12.7. The second-order valence-electron chi connectivity index (χ2n) is 11.4. The maximum Gasteiger partial charge on any atom is 0.278 e. The number of rotatable bonds is 18. The molecule has 0 aliphatic carbocycles. The van der Waals surface area contributed by atoms with Crippen LogP contribution in [-0.2, 0) is 17.8 Å². The third-order valence-corrected chi connectivity index (χ3v) is 8.53. The van der Waals surface area contributed by atoms with Crippen molar-refractivity contribution < 1.29 is 18.8 Å². The quantitative estimate of drug-likeness (QED) is 0.131. The van der Waals surface area contributed by atoms with E-state index in [2.05, 4.69) is 48.6 Å². The lowest BCUT2D eigenvalue weighted by Gasteiger charge is -2.40. The van der Waals surface area contributed by atoms with Gasteiger partial charge >= 0.3 is 0 Å². The molecule has 1 aliphatic heterocycles. The van der Waals surface area contributed by atoms with E-state index in [1.54, 1.807) is 0 Å². The number of nitrogens with zero attached hydrogens (tertiary/aromatic N) is 1. The van der Waals surface area contributed by atoms with Gasteiger partial charge in [-0.1, -0.05) is 86.3 Å². The molecule has 0 spiro atoms. The maximum atomic E-state index is 13.4. The summed E-state index contributed by atoms with van der Waals surface area (Å²) in [7, 11) is 0. The lowest BCUT2D eigenvalue weighted by molar-refractivity contribution is -0.930. The monoisotopic (exact) mass is 557 g/mol. The number of unbranched alkanes of at least 4 members (excludes halogenated alkanes) is 5. The first-order chi connectivity index (χ1) is 20.2. The van der Waals surface area contributed by atoms with Crippen LogP contribution >= 0.6 is 0 Å². The third-order valence-electron chi connectivity index (χ3n) is 8.53. The standard InChI is InChI=1S/C36H48N2O3/c1-2-38(26-14-15-27-38)35(29-31-17-9-7-10-18-31)36(39)37-25-13-5-3-4-6-16-28-40-33-21-23-34(24-22-33)41-30-32-19-11-8-12-20-32/h7-12,17-24,35H,2-6,13-16,25-30H2,1H3/p+1. The van der Waals surface area contributed by atoms with Gasteiger partial charge in [0.1, 0.15) is 18.1 Å². The molecular weight excluding hydrogens is 508 g/mol. The lowest BCUT2D eigenvalue weighted by Crippen LogP contribution is -2.60. The predicted octanol–water partition coefficient (Wildman–Crippen LogP) is 7.34. The SMILES string of the molecule is CC[N+]1(C(Cc2ccccc2)C(=O)NCCCCCCCCOc2ccc(OCc3ccccc3)cc2)CCCC1. The molecule has 220 valence electrons. The van der Waals surface area contributed by atoms with Crippen LogP contribution in [0.3, 0.4) is 0 Å². The number of amides is 1. The van der Waals surface area contributed by atoms with Gasteiger partial charge in [0.2, 0.25) is 0 Å². The topological polar surface area (TPSA) is 47.6 Å². The largest absolute Gasteiger partial charge is 0.494 e. The number of quaternary nitrogens is 1. The van der Waals surface area contributed by atoms with E-state index >= 15 is 0 Å². The van der Waals surface area contributed by atoms with Crippen LogP contribution in [0.15, 0.2) is 84.9 Å². The molecule has 0 radical (unpaired) electrons. The maximum absolute atomic E-state index is 13.4. The van der Waals surface area contributed by atoms with Gasteiger partial charge in [-0.15, -0.1) is 0 Å².